The van der Waals surface area contributed by atoms with Crippen molar-refractivity contribution in [3.05, 3.63) is 33.8 Å². The molecular weight excluding hydrogens is 302 g/mol. The summed E-state index contributed by atoms with van der Waals surface area (Å²) in [5, 5.41) is 0. The van der Waals surface area contributed by atoms with E-state index >= 15 is 0 Å². The highest BCUT2D eigenvalue weighted by atomic mass is 79.9. The zero-order valence-corrected chi connectivity index (χ0v) is 13.6. The third-order valence-corrected chi connectivity index (χ3v) is 5.24. The predicted molar refractivity (Wildman–Crippen MR) is 82.4 cm³/mol. The van der Waals surface area contributed by atoms with Gasteiger partial charge in [0.05, 0.1) is 5.56 Å². The molecule has 0 bridgehead atoms. The fraction of sp³-hybridized carbons (Fsp3) is 0.562. The smallest absolute Gasteiger partial charge is 0.255 e. The summed E-state index contributed by atoms with van der Waals surface area (Å²) >= 11 is 3.51. The summed E-state index contributed by atoms with van der Waals surface area (Å²) in [6, 6.07) is 5.94. The molecule has 1 fully saturated rings. The van der Waals surface area contributed by atoms with Crippen LogP contribution in [0.1, 0.15) is 49.0 Å². The van der Waals surface area contributed by atoms with E-state index in [-0.39, 0.29) is 5.91 Å². The molecule has 0 aromatic heterocycles. The van der Waals surface area contributed by atoms with Gasteiger partial charge in [0, 0.05) is 17.6 Å². The molecule has 0 spiro atoms. The molecule has 0 unspecified atom stereocenters. The van der Waals surface area contributed by atoms with Gasteiger partial charge in [-0.05, 0) is 65.2 Å². The van der Waals surface area contributed by atoms with Crippen LogP contribution in [0, 0.1) is 12.3 Å². The van der Waals surface area contributed by atoms with Gasteiger partial charge in [-0.2, -0.15) is 0 Å². The second-order valence-corrected chi connectivity index (χ2v) is 6.52. The highest BCUT2D eigenvalue weighted by Gasteiger charge is 2.37. The van der Waals surface area contributed by atoms with E-state index in [1.807, 2.05) is 30.0 Å². The Kier molecular flexibility index (Phi) is 4.34. The van der Waals surface area contributed by atoms with Crippen molar-refractivity contribution in [2.75, 3.05) is 13.1 Å². The van der Waals surface area contributed by atoms with Gasteiger partial charge in [0.1, 0.15) is 0 Å². The molecule has 1 saturated heterocycles. The highest BCUT2D eigenvalue weighted by Crippen LogP contribution is 2.37. The van der Waals surface area contributed by atoms with E-state index in [0.717, 1.165) is 42.4 Å². The van der Waals surface area contributed by atoms with Crippen LogP contribution in [0.5, 0.6) is 0 Å². The maximum absolute atomic E-state index is 12.6. The lowest BCUT2D eigenvalue weighted by atomic mass is 9.82. The minimum absolute atomic E-state index is 0.163. The van der Waals surface area contributed by atoms with E-state index in [9.17, 15) is 4.79 Å². The Morgan fingerprint density at radius 3 is 2.58 bits per heavy atom. The number of aryl methyl sites for hydroxylation is 1. The molecule has 19 heavy (non-hydrogen) atoms. The van der Waals surface area contributed by atoms with Crippen molar-refractivity contribution in [2.45, 2.75) is 40.0 Å². The number of hydrogen-bond acceptors (Lipinski definition) is 1. The van der Waals surface area contributed by atoms with Gasteiger partial charge in [-0.25, -0.2) is 0 Å². The number of halogens is 1. The molecule has 104 valence electrons. The maximum atomic E-state index is 12.6. The minimum atomic E-state index is 0.163. The zero-order chi connectivity index (χ0) is 14.0. The number of likely N-dealkylation sites (tertiary alicyclic amines) is 1. The minimum Gasteiger partial charge on any atom is -0.338 e. The van der Waals surface area contributed by atoms with Crippen LogP contribution in [0.4, 0.5) is 0 Å². The number of carbonyl (C=O) groups is 1. The van der Waals surface area contributed by atoms with E-state index in [0.29, 0.717) is 5.41 Å². The van der Waals surface area contributed by atoms with Crippen LogP contribution in [0.2, 0.25) is 0 Å². The molecular formula is C16H22BrNO. The van der Waals surface area contributed by atoms with Crippen LogP contribution in [-0.4, -0.2) is 23.9 Å². The second-order valence-electron chi connectivity index (χ2n) is 5.67. The summed E-state index contributed by atoms with van der Waals surface area (Å²) in [5.41, 5.74) is 2.29. The lowest BCUT2D eigenvalue weighted by Crippen LogP contribution is -2.32. The van der Waals surface area contributed by atoms with Crippen LogP contribution in [0.25, 0.3) is 0 Å². The fourth-order valence-electron chi connectivity index (χ4n) is 2.90. The van der Waals surface area contributed by atoms with E-state index < -0.39 is 0 Å². The molecule has 0 atom stereocenters. The van der Waals surface area contributed by atoms with Crippen LogP contribution in [0.15, 0.2) is 22.7 Å². The van der Waals surface area contributed by atoms with Crippen molar-refractivity contribution in [1.82, 2.24) is 4.90 Å². The fourth-order valence-corrected chi connectivity index (χ4v) is 3.56. The third-order valence-electron chi connectivity index (χ3n) is 4.58. The maximum Gasteiger partial charge on any atom is 0.255 e. The molecule has 0 saturated carbocycles. The quantitative estimate of drug-likeness (QED) is 0.806. The normalized spacial score (nSPS) is 17.8. The summed E-state index contributed by atoms with van der Waals surface area (Å²) < 4.78 is 0.906. The SMILES string of the molecule is CCC1(CC)CCN(C(=O)c2ccc(C)cc2Br)C1. The molecule has 1 aromatic carbocycles. The second kappa shape index (κ2) is 5.66. The summed E-state index contributed by atoms with van der Waals surface area (Å²) in [6.07, 6.45) is 3.44. The number of amides is 1. The largest absolute Gasteiger partial charge is 0.338 e. The Balaban J connectivity index is 2.17. The molecule has 3 heteroatoms. The van der Waals surface area contributed by atoms with Gasteiger partial charge in [-0.3, -0.25) is 4.79 Å². The highest BCUT2D eigenvalue weighted by molar-refractivity contribution is 9.10. The summed E-state index contributed by atoms with van der Waals surface area (Å²) in [4.78, 5) is 14.6. The first kappa shape index (κ1) is 14.6. The van der Waals surface area contributed by atoms with Crippen molar-refractivity contribution < 1.29 is 4.79 Å². The standard InChI is InChI=1S/C16H22BrNO/c1-4-16(5-2)8-9-18(11-16)15(19)13-7-6-12(3)10-14(13)17/h6-7,10H,4-5,8-9,11H2,1-3H3. The summed E-state index contributed by atoms with van der Waals surface area (Å²) in [7, 11) is 0. The Labute approximate surface area is 124 Å². The van der Waals surface area contributed by atoms with Crippen LogP contribution >= 0.6 is 15.9 Å². The van der Waals surface area contributed by atoms with E-state index in [1.165, 1.54) is 5.56 Å². The monoisotopic (exact) mass is 323 g/mol. The lowest BCUT2D eigenvalue weighted by Gasteiger charge is -2.26. The molecule has 2 nitrogen and oxygen atoms in total. The Morgan fingerprint density at radius 2 is 2.05 bits per heavy atom. The molecule has 1 amide bonds. The molecule has 0 N–H and O–H groups in total. The van der Waals surface area contributed by atoms with Gasteiger partial charge in [-0.15, -0.1) is 0 Å². The number of nitrogens with zero attached hydrogens (tertiary/aromatic N) is 1. The van der Waals surface area contributed by atoms with Crippen molar-refractivity contribution in [3.8, 4) is 0 Å². The van der Waals surface area contributed by atoms with Crippen molar-refractivity contribution in [2.24, 2.45) is 5.41 Å². The third kappa shape index (κ3) is 2.86. The Bertz CT molecular complexity index is 480. The number of hydrogen-bond donors (Lipinski definition) is 0. The zero-order valence-electron chi connectivity index (χ0n) is 12.0. The molecule has 2 rings (SSSR count). The average molecular weight is 324 g/mol. The molecule has 1 heterocycles. The summed E-state index contributed by atoms with van der Waals surface area (Å²) in [6.45, 7) is 8.30. The van der Waals surface area contributed by atoms with Gasteiger partial charge >= 0.3 is 0 Å². The van der Waals surface area contributed by atoms with Crippen LogP contribution in [0.3, 0.4) is 0 Å². The lowest BCUT2D eigenvalue weighted by molar-refractivity contribution is 0.0769. The number of benzene rings is 1. The first-order valence-corrected chi connectivity index (χ1v) is 7.86. The summed E-state index contributed by atoms with van der Waals surface area (Å²) in [5.74, 6) is 0.163. The molecule has 1 aliphatic heterocycles. The number of rotatable bonds is 3. The Hall–Kier alpha value is -0.830. The van der Waals surface area contributed by atoms with Gasteiger partial charge < -0.3 is 4.90 Å². The molecule has 1 aromatic rings. The van der Waals surface area contributed by atoms with E-state index in [4.69, 9.17) is 0 Å². The van der Waals surface area contributed by atoms with Crippen molar-refractivity contribution in [1.29, 1.82) is 0 Å². The van der Waals surface area contributed by atoms with Gasteiger partial charge in [0.25, 0.3) is 5.91 Å². The van der Waals surface area contributed by atoms with Crippen molar-refractivity contribution >= 4 is 21.8 Å². The van der Waals surface area contributed by atoms with Gasteiger partial charge in [0.15, 0.2) is 0 Å². The Morgan fingerprint density at radius 1 is 1.37 bits per heavy atom. The first-order chi connectivity index (χ1) is 9.01. The first-order valence-electron chi connectivity index (χ1n) is 7.07. The molecule has 0 radical (unpaired) electrons. The molecule has 1 aliphatic rings. The molecule has 0 aliphatic carbocycles. The predicted octanol–water partition coefficient (Wildman–Crippen LogP) is 4.41. The van der Waals surface area contributed by atoms with Crippen LogP contribution in [-0.2, 0) is 0 Å². The van der Waals surface area contributed by atoms with E-state index in [1.54, 1.807) is 0 Å². The van der Waals surface area contributed by atoms with Crippen molar-refractivity contribution in [3.63, 3.8) is 0 Å². The van der Waals surface area contributed by atoms with Gasteiger partial charge in [0.2, 0.25) is 0 Å². The van der Waals surface area contributed by atoms with Crippen LogP contribution < -0.4 is 0 Å². The van der Waals surface area contributed by atoms with Gasteiger partial charge in [-0.1, -0.05) is 19.9 Å². The average Bonchev–Trinajstić information content (AvgIpc) is 2.83. The number of carbonyl (C=O) groups excluding carboxylic acids is 1. The van der Waals surface area contributed by atoms with E-state index in [2.05, 4.69) is 29.8 Å². The topological polar surface area (TPSA) is 20.3 Å².